The number of nitrogens with one attached hydrogen (secondary N) is 17. The molecule has 0 heterocycles. The molecule has 27 heteroatoms. The fourth-order valence-corrected chi connectivity index (χ4v) is 8.72. The summed E-state index contributed by atoms with van der Waals surface area (Å²) in [6, 6.07) is 12.2. The molecule has 4 rings (SSSR count). The van der Waals surface area contributed by atoms with Gasteiger partial charge in [0.05, 0.1) is 0 Å². The Balaban J connectivity index is -0.000000140. The number of carbonyl (C=O) groups is 9. The first-order chi connectivity index (χ1) is 46.4. The van der Waals surface area contributed by atoms with Crippen LogP contribution in [0.2, 0.25) is 0 Å². The lowest BCUT2D eigenvalue weighted by atomic mass is 9.89. The highest BCUT2D eigenvalue weighted by Gasteiger charge is 2.19. The summed E-state index contributed by atoms with van der Waals surface area (Å²) in [6.07, 6.45) is 17.5. The highest BCUT2D eigenvalue weighted by molar-refractivity contribution is 5.77. The summed E-state index contributed by atoms with van der Waals surface area (Å²) in [5.41, 5.74) is 0.949. The van der Waals surface area contributed by atoms with E-state index in [-0.39, 0.29) is 150 Å². The predicted molar refractivity (Wildman–Crippen MR) is 441 cm³/mol. The van der Waals surface area contributed by atoms with Gasteiger partial charge in [-0.3, -0.25) is 0 Å². The van der Waals surface area contributed by atoms with Crippen LogP contribution < -0.4 is 90.4 Å². The highest BCUT2D eigenvalue weighted by Crippen LogP contribution is 2.23. The fourth-order valence-electron chi connectivity index (χ4n) is 8.72. The zero-order valence-electron chi connectivity index (χ0n) is 67.5. The molecule has 0 unspecified atom stereocenters. The normalized spacial score (nSPS) is 12.7. The first-order valence-corrected chi connectivity index (χ1v) is 36.9. The third-order valence-corrected chi connectivity index (χ3v) is 12.9. The van der Waals surface area contributed by atoms with Gasteiger partial charge in [-0.05, 0) is 216 Å². The van der Waals surface area contributed by atoms with Gasteiger partial charge < -0.3 is 95.3 Å². The van der Waals surface area contributed by atoms with Gasteiger partial charge in [-0.15, -0.1) is 0 Å². The summed E-state index contributed by atoms with van der Waals surface area (Å²) in [4.78, 5) is 100. The molecule has 0 atom stereocenters. The van der Waals surface area contributed by atoms with Crippen LogP contribution in [0, 0.1) is 5.92 Å². The lowest BCUT2D eigenvalue weighted by Crippen LogP contribution is -2.48. The van der Waals surface area contributed by atoms with E-state index in [1.165, 1.54) is 69.1 Å². The van der Waals surface area contributed by atoms with Crippen molar-refractivity contribution in [3.63, 3.8) is 0 Å². The van der Waals surface area contributed by atoms with E-state index in [1.54, 1.807) is 21.1 Å². The molecule has 104 heavy (non-hydrogen) atoms. The maximum absolute atomic E-state index is 11.3. The number of rotatable bonds is 17. The Labute approximate surface area is 636 Å². The van der Waals surface area contributed by atoms with E-state index in [9.17, 15) is 43.2 Å². The van der Waals surface area contributed by atoms with Crippen molar-refractivity contribution < 1.29 is 43.2 Å². The zero-order chi connectivity index (χ0) is 77.9. The molecule has 27 nitrogen and oxygen atoms in total. The largest absolute Gasteiger partial charge is 0.341 e. The molecule has 18 amide bonds. The number of benzene rings is 1. The standard InChI is InChI=1S/C11H22N2O.C11H16N2O.C10H20N2O.C9H18N2O.C8H18N2O.C7H16N2O.2C6H14N2O.C5H12N2O.4CH4/c2*1-9(2)13-11(14)12-8-10-6-4-3-5-7-10;1-8(2)11-10(13)12-9-6-4-3-5-7-9;1-7(2)10-9(12)11-8-5-3-4-6-8;1-6(2)9-7(11)10-8(3,4)5;1-5(2)8-7(10)9-6(3)4;1-5(2)7-6(9)8(3)4;1-4-7-6(9)8-5(2)3;1-4(2)7-5(8)6-3;;;;/h9-10H,3-8H2,1-2H3,(H2,12,13,14);3-7,9H,8H2,1-2H3,(H2,12,13,14);8-9H,3-7H2,1-2H3,(H2,11,12,13);7-8H,3-6H2,1-2H3,(H2,10,11,12);6H,1-5H3,(H2,9,10,11);5-6H,1-4H3,(H2,8,9,10);5H,1-4H3,(H,7,9);5H,4H2,1-3H3,(H2,7,8,9);4H,1-3H3,(H2,6,7,8);4*1H4. The van der Waals surface area contributed by atoms with Gasteiger partial charge in [0.1, 0.15) is 0 Å². The molecule has 3 fully saturated rings. The fraction of sp³-hybridized carbons (Fsp3) is 0.805. The number of nitrogens with zero attached hydrogens (tertiary/aromatic N) is 1. The molecule has 0 saturated heterocycles. The van der Waals surface area contributed by atoms with Gasteiger partial charge in [-0.25, -0.2) is 43.2 Å². The SMILES string of the molecule is C.C.C.C.CC(C)NC(=O)N(C)C.CC(C)NC(=O)NC(C)(C)C.CC(C)NC(=O)NC(C)C.CC(C)NC(=O)NC1CCCC1.CC(C)NC(=O)NC1CCCCC1.CC(C)NC(=O)NCC1CCCCC1.CC(C)NC(=O)NCc1ccccc1.CCNC(=O)NC(C)C.CNC(=O)NC(C)C. The second kappa shape index (κ2) is 71.3. The van der Waals surface area contributed by atoms with Gasteiger partial charge in [-0.2, -0.15) is 0 Å². The Morgan fingerprint density at radius 2 is 0.663 bits per heavy atom. The summed E-state index contributed by atoms with van der Waals surface area (Å²) in [5.74, 6) is 0.710. The van der Waals surface area contributed by atoms with Gasteiger partial charge in [0.2, 0.25) is 0 Å². The van der Waals surface area contributed by atoms with Crippen LogP contribution in [0.25, 0.3) is 0 Å². The molecule has 0 aliphatic heterocycles. The van der Waals surface area contributed by atoms with Crippen molar-refractivity contribution in [3.8, 4) is 0 Å². The van der Waals surface area contributed by atoms with Gasteiger partial charge >= 0.3 is 54.3 Å². The van der Waals surface area contributed by atoms with Gasteiger partial charge in [-0.1, -0.05) is 111 Å². The molecule has 0 spiro atoms. The van der Waals surface area contributed by atoms with E-state index in [1.807, 2.05) is 197 Å². The molecule has 1 aromatic rings. The number of hydrogen-bond donors (Lipinski definition) is 17. The molecule has 3 aliphatic carbocycles. The van der Waals surface area contributed by atoms with Crippen molar-refractivity contribution in [2.45, 2.75) is 370 Å². The summed E-state index contributed by atoms with van der Waals surface area (Å²) in [7, 11) is 5.03. The average Bonchev–Trinajstić information content (AvgIpc) is 1.51. The second-order valence-electron chi connectivity index (χ2n) is 29.3. The molecule has 1 aromatic carbocycles. The van der Waals surface area contributed by atoms with Crippen molar-refractivity contribution in [2.75, 3.05) is 34.2 Å². The summed E-state index contributed by atoms with van der Waals surface area (Å²) in [6.45, 7) is 48.7. The van der Waals surface area contributed by atoms with Crippen LogP contribution in [0.3, 0.4) is 0 Å². The summed E-state index contributed by atoms with van der Waals surface area (Å²) < 4.78 is 0. The monoisotopic (exact) mass is 1490 g/mol. The van der Waals surface area contributed by atoms with E-state index in [0.29, 0.717) is 31.1 Å². The maximum Gasteiger partial charge on any atom is 0.317 e. The number of urea groups is 9. The van der Waals surface area contributed by atoms with E-state index in [2.05, 4.69) is 90.4 Å². The van der Waals surface area contributed by atoms with Gasteiger partial charge in [0.25, 0.3) is 0 Å². The Hall–Kier alpha value is -7.35. The molecule has 3 aliphatic rings. The number of amides is 18. The topological polar surface area (TPSA) is 361 Å². The van der Waals surface area contributed by atoms with Gasteiger partial charge in [0, 0.05) is 119 Å². The first kappa shape index (κ1) is 115. The maximum atomic E-state index is 11.3. The minimum absolute atomic E-state index is 0. The minimum atomic E-state index is -0.154. The predicted octanol–water partition coefficient (Wildman–Crippen LogP) is 14.7. The van der Waals surface area contributed by atoms with Crippen LogP contribution in [0.4, 0.5) is 43.2 Å². The van der Waals surface area contributed by atoms with Crippen LogP contribution in [-0.2, 0) is 6.54 Å². The average molecular weight is 1490 g/mol. The highest BCUT2D eigenvalue weighted by atomic mass is 16.2. The number of carbonyl (C=O) groups excluding carboxylic acids is 9. The van der Waals surface area contributed by atoms with Crippen molar-refractivity contribution in [1.29, 1.82) is 0 Å². The Kier molecular flexibility index (Phi) is 78.9. The summed E-state index contributed by atoms with van der Waals surface area (Å²) in [5, 5.41) is 47.1. The van der Waals surface area contributed by atoms with E-state index >= 15 is 0 Å². The van der Waals surface area contributed by atoms with Crippen LogP contribution in [0.15, 0.2) is 30.3 Å². The van der Waals surface area contributed by atoms with Crippen molar-refractivity contribution in [3.05, 3.63) is 35.9 Å². The van der Waals surface area contributed by atoms with Crippen molar-refractivity contribution in [2.24, 2.45) is 5.92 Å². The van der Waals surface area contributed by atoms with Gasteiger partial charge in [0.15, 0.2) is 0 Å². The molecule has 0 radical (unpaired) electrons. The molecule has 0 aromatic heterocycles. The lowest BCUT2D eigenvalue weighted by molar-refractivity contribution is 0.214. The minimum Gasteiger partial charge on any atom is -0.341 e. The van der Waals surface area contributed by atoms with Crippen molar-refractivity contribution >= 4 is 54.3 Å². The van der Waals surface area contributed by atoms with E-state index in [4.69, 9.17) is 0 Å². The van der Waals surface area contributed by atoms with Crippen LogP contribution in [-0.4, -0.2) is 171 Å². The smallest absolute Gasteiger partial charge is 0.317 e. The third kappa shape index (κ3) is 90.7. The zero-order valence-corrected chi connectivity index (χ0v) is 67.5. The Bertz CT molecular complexity index is 2240. The van der Waals surface area contributed by atoms with Crippen LogP contribution in [0.1, 0.15) is 291 Å². The molecule has 3 saturated carbocycles. The van der Waals surface area contributed by atoms with E-state index in [0.717, 1.165) is 37.8 Å². The van der Waals surface area contributed by atoms with Crippen LogP contribution >= 0.6 is 0 Å². The molecular formula is C77H166N18O9. The molecular weight excluding hydrogens is 1320 g/mol. The van der Waals surface area contributed by atoms with Crippen LogP contribution in [0.5, 0.6) is 0 Å². The Morgan fingerprint density at radius 1 is 0.375 bits per heavy atom. The molecule has 17 N–H and O–H groups in total. The second-order valence-corrected chi connectivity index (χ2v) is 29.3. The lowest BCUT2D eigenvalue weighted by Gasteiger charge is -2.23. The molecule has 618 valence electrons. The first-order valence-electron chi connectivity index (χ1n) is 36.9. The molecule has 0 bridgehead atoms. The van der Waals surface area contributed by atoms with Crippen molar-refractivity contribution in [1.82, 2.24) is 95.3 Å². The Morgan fingerprint density at radius 3 is 0.962 bits per heavy atom. The van der Waals surface area contributed by atoms with E-state index < -0.39 is 0 Å². The summed E-state index contributed by atoms with van der Waals surface area (Å²) >= 11 is 0. The number of hydrogen-bond acceptors (Lipinski definition) is 9. The third-order valence-electron chi connectivity index (χ3n) is 12.9. The quantitative estimate of drug-likeness (QED) is 0.0704.